The number of nitrogens with one attached hydrogen (secondary N) is 1. The second-order valence-electron chi connectivity index (χ2n) is 5.43. The van der Waals surface area contributed by atoms with Crippen molar-refractivity contribution in [2.75, 3.05) is 6.54 Å². The number of nitrogens with zero attached hydrogens (tertiary/aromatic N) is 1. The Hall–Kier alpha value is -1.25. The van der Waals surface area contributed by atoms with Crippen LogP contribution in [0, 0.1) is 5.41 Å². The van der Waals surface area contributed by atoms with Crippen molar-refractivity contribution < 1.29 is 4.79 Å². The molecule has 2 aliphatic rings. The van der Waals surface area contributed by atoms with Gasteiger partial charge in [0.05, 0.1) is 5.56 Å². The highest BCUT2D eigenvalue weighted by atomic mass is 16.1. The zero-order chi connectivity index (χ0) is 10.6. The van der Waals surface area contributed by atoms with E-state index in [1.54, 1.807) is 0 Å². The molecule has 0 aliphatic carbocycles. The van der Waals surface area contributed by atoms with Crippen LogP contribution in [0.1, 0.15) is 35.6 Å². The van der Waals surface area contributed by atoms with Crippen LogP contribution in [0.25, 0.3) is 0 Å². The van der Waals surface area contributed by atoms with Crippen molar-refractivity contribution in [3.8, 4) is 0 Å². The van der Waals surface area contributed by atoms with E-state index in [4.69, 9.17) is 0 Å². The number of rotatable bonds is 0. The quantitative estimate of drug-likeness (QED) is 0.680. The molecule has 2 aliphatic heterocycles. The summed E-state index contributed by atoms with van der Waals surface area (Å²) in [5, 5.41) is 2.90. The molecular weight excluding hydrogens is 188 g/mol. The summed E-state index contributed by atoms with van der Waals surface area (Å²) in [6.07, 6.45) is 2.07. The highest BCUT2D eigenvalue weighted by molar-refractivity contribution is 5.96. The van der Waals surface area contributed by atoms with E-state index in [1.807, 2.05) is 0 Å². The zero-order valence-corrected chi connectivity index (χ0v) is 9.26. The number of hydrogen-bond acceptors (Lipinski definition) is 1. The summed E-state index contributed by atoms with van der Waals surface area (Å²) in [5.41, 5.74) is 3.85. The first kappa shape index (κ1) is 9.01. The Morgan fingerprint density at radius 1 is 1.47 bits per heavy atom. The molecule has 0 fully saturated rings. The first-order valence-electron chi connectivity index (χ1n) is 5.56. The van der Waals surface area contributed by atoms with Gasteiger partial charge >= 0.3 is 0 Å². The average Bonchev–Trinajstić information content (AvgIpc) is 2.59. The Bertz CT molecular complexity index is 443. The number of amides is 1. The van der Waals surface area contributed by atoms with E-state index in [-0.39, 0.29) is 5.91 Å². The van der Waals surface area contributed by atoms with Gasteiger partial charge in [-0.25, -0.2) is 0 Å². The van der Waals surface area contributed by atoms with Gasteiger partial charge in [-0.15, -0.1) is 0 Å². The van der Waals surface area contributed by atoms with E-state index in [0.29, 0.717) is 5.41 Å². The standard InChI is InChI=1S/C12H16N2O/c1-12(2)6-8-5-9-10(14(8)7-12)3-4-13-11(9)15/h5H,3-4,6-7H2,1-2H3,(H,13,15). The minimum atomic E-state index is 0.107. The fourth-order valence-corrected chi connectivity index (χ4v) is 2.82. The van der Waals surface area contributed by atoms with Gasteiger partial charge < -0.3 is 9.88 Å². The molecule has 0 spiro atoms. The maximum absolute atomic E-state index is 11.6. The highest BCUT2D eigenvalue weighted by Crippen LogP contribution is 2.35. The Labute approximate surface area is 89.5 Å². The molecule has 80 valence electrons. The SMILES string of the molecule is CC1(C)Cc2cc3c(n2C1)CCNC3=O. The third-order valence-electron chi connectivity index (χ3n) is 3.43. The third kappa shape index (κ3) is 1.22. The van der Waals surface area contributed by atoms with Gasteiger partial charge in [-0.2, -0.15) is 0 Å². The van der Waals surface area contributed by atoms with E-state index < -0.39 is 0 Å². The molecule has 0 saturated heterocycles. The smallest absolute Gasteiger partial charge is 0.253 e. The van der Waals surface area contributed by atoms with Gasteiger partial charge in [-0.3, -0.25) is 4.79 Å². The van der Waals surface area contributed by atoms with Gasteiger partial charge in [-0.1, -0.05) is 13.8 Å². The Balaban J connectivity index is 2.10. The van der Waals surface area contributed by atoms with Crippen molar-refractivity contribution in [1.29, 1.82) is 0 Å². The lowest BCUT2D eigenvalue weighted by atomic mass is 9.90. The topological polar surface area (TPSA) is 34.0 Å². The molecule has 15 heavy (non-hydrogen) atoms. The van der Waals surface area contributed by atoms with Crippen molar-refractivity contribution in [2.45, 2.75) is 33.2 Å². The zero-order valence-electron chi connectivity index (χ0n) is 9.26. The largest absolute Gasteiger partial charge is 0.352 e. The van der Waals surface area contributed by atoms with Crippen molar-refractivity contribution in [3.05, 3.63) is 23.0 Å². The summed E-state index contributed by atoms with van der Waals surface area (Å²) >= 11 is 0. The summed E-state index contributed by atoms with van der Waals surface area (Å²) in [7, 11) is 0. The van der Waals surface area contributed by atoms with Gasteiger partial charge in [0.1, 0.15) is 0 Å². The fourth-order valence-electron chi connectivity index (χ4n) is 2.82. The summed E-state index contributed by atoms with van der Waals surface area (Å²) < 4.78 is 2.36. The molecule has 0 radical (unpaired) electrons. The molecule has 1 aromatic rings. The molecular formula is C12H16N2O. The van der Waals surface area contributed by atoms with E-state index in [9.17, 15) is 4.79 Å². The number of aromatic nitrogens is 1. The Morgan fingerprint density at radius 3 is 3.07 bits per heavy atom. The predicted molar refractivity (Wildman–Crippen MR) is 58.0 cm³/mol. The molecule has 0 aromatic carbocycles. The van der Waals surface area contributed by atoms with Crippen molar-refractivity contribution in [3.63, 3.8) is 0 Å². The van der Waals surface area contributed by atoms with Crippen LogP contribution >= 0.6 is 0 Å². The normalized spacial score (nSPS) is 22.1. The van der Waals surface area contributed by atoms with E-state index >= 15 is 0 Å². The van der Waals surface area contributed by atoms with E-state index in [0.717, 1.165) is 31.5 Å². The maximum Gasteiger partial charge on any atom is 0.253 e. The second kappa shape index (κ2) is 2.65. The molecule has 3 rings (SSSR count). The van der Waals surface area contributed by atoms with Crippen LogP contribution in [0.2, 0.25) is 0 Å². The molecule has 3 nitrogen and oxygen atoms in total. The van der Waals surface area contributed by atoms with Crippen LogP contribution < -0.4 is 5.32 Å². The molecule has 1 amide bonds. The number of carbonyl (C=O) groups excluding carboxylic acids is 1. The third-order valence-corrected chi connectivity index (χ3v) is 3.43. The monoisotopic (exact) mass is 204 g/mol. The molecule has 0 atom stereocenters. The maximum atomic E-state index is 11.6. The molecule has 3 heterocycles. The van der Waals surface area contributed by atoms with Crippen LogP contribution in [-0.2, 0) is 19.4 Å². The number of carbonyl (C=O) groups is 1. The van der Waals surface area contributed by atoms with Crippen LogP contribution in [0.5, 0.6) is 0 Å². The number of hydrogen-bond donors (Lipinski definition) is 1. The van der Waals surface area contributed by atoms with Crippen LogP contribution in [0.15, 0.2) is 6.07 Å². The molecule has 0 bridgehead atoms. The van der Waals surface area contributed by atoms with Gasteiger partial charge in [0.2, 0.25) is 0 Å². The summed E-state index contributed by atoms with van der Waals surface area (Å²) in [6, 6.07) is 2.08. The Morgan fingerprint density at radius 2 is 2.27 bits per heavy atom. The molecule has 3 heteroatoms. The number of fused-ring (bicyclic) bond motifs is 3. The second-order valence-corrected chi connectivity index (χ2v) is 5.43. The minimum absolute atomic E-state index is 0.107. The van der Waals surface area contributed by atoms with E-state index in [1.165, 1.54) is 11.4 Å². The summed E-state index contributed by atoms with van der Waals surface area (Å²) in [4.78, 5) is 11.6. The minimum Gasteiger partial charge on any atom is -0.352 e. The molecule has 1 N–H and O–H groups in total. The van der Waals surface area contributed by atoms with Gasteiger partial charge in [0.15, 0.2) is 0 Å². The molecule has 1 aromatic heterocycles. The lowest BCUT2D eigenvalue weighted by molar-refractivity contribution is 0.0944. The average molecular weight is 204 g/mol. The first-order chi connectivity index (χ1) is 7.07. The highest BCUT2D eigenvalue weighted by Gasteiger charge is 2.33. The van der Waals surface area contributed by atoms with Crippen molar-refractivity contribution in [1.82, 2.24) is 9.88 Å². The lowest BCUT2D eigenvalue weighted by Gasteiger charge is -2.19. The summed E-state index contributed by atoms with van der Waals surface area (Å²) in [6.45, 7) is 6.42. The van der Waals surface area contributed by atoms with Gasteiger partial charge in [-0.05, 0) is 17.9 Å². The van der Waals surface area contributed by atoms with Gasteiger partial charge in [0.25, 0.3) is 5.91 Å². The van der Waals surface area contributed by atoms with Crippen molar-refractivity contribution >= 4 is 5.91 Å². The first-order valence-corrected chi connectivity index (χ1v) is 5.56. The molecule has 0 saturated carbocycles. The van der Waals surface area contributed by atoms with Crippen LogP contribution in [0.3, 0.4) is 0 Å². The summed E-state index contributed by atoms with van der Waals surface area (Å²) in [5.74, 6) is 0.107. The van der Waals surface area contributed by atoms with Crippen molar-refractivity contribution in [2.24, 2.45) is 5.41 Å². The molecule has 0 unspecified atom stereocenters. The van der Waals surface area contributed by atoms with Crippen LogP contribution in [0.4, 0.5) is 0 Å². The lowest BCUT2D eigenvalue weighted by Crippen LogP contribution is -2.32. The fraction of sp³-hybridized carbons (Fsp3) is 0.583. The Kier molecular flexibility index (Phi) is 1.59. The van der Waals surface area contributed by atoms with E-state index in [2.05, 4.69) is 29.8 Å². The predicted octanol–water partition coefficient (Wildman–Crippen LogP) is 1.36. The van der Waals surface area contributed by atoms with Gasteiger partial charge in [0, 0.05) is 30.9 Å². The van der Waals surface area contributed by atoms with Crippen LogP contribution in [-0.4, -0.2) is 17.0 Å².